The quantitative estimate of drug-likeness (QED) is 0.0729. The Morgan fingerprint density at radius 3 is 0.857 bits per heavy atom. The number of carbonyl (C=O) groups is 1. The zero-order valence-electron chi connectivity index (χ0n) is 27.9. The molecule has 0 fully saturated rings. The van der Waals surface area contributed by atoms with E-state index < -0.39 is 0 Å². The van der Waals surface area contributed by atoms with Crippen LogP contribution in [0.25, 0.3) is 0 Å². The maximum atomic E-state index is 13.0. The Morgan fingerprint density at radius 1 is 0.357 bits per heavy atom. The molecule has 0 saturated carbocycles. The van der Waals surface area contributed by atoms with Crippen molar-refractivity contribution in [2.75, 3.05) is 0 Å². The Labute approximate surface area is 261 Å². The van der Waals surface area contributed by atoms with Crippen molar-refractivity contribution in [2.24, 2.45) is 0 Å². The first kappa shape index (κ1) is 36.3. The number of ketones is 1. The topological polar surface area (TPSA) is 17.1 Å². The summed E-state index contributed by atoms with van der Waals surface area (Å²) in [5.41, 5.74) is 4.33. The van der Waals surface area contributed by atoms with Gasteiger partial charge in [-0.2, -0.15) is 0 Å². The van der Waals surface area contributed by atoms with Crippen molar-refractivity contribution in [3.05, 3.63) is 70.8 Å². The summed E-state index contributed by atoms with van der Waals surface area (Å²) >= 11 is 0. The van der Waals surface area contributed by atoms with Crippen molar-refractivity contribution in [1.82, 2.24) is 0 Å². The summed E-state index contributed by atoms with van der Waals surface area (Å²) < 4.78 is 0. The van der Waals surface area contributed by atoms with Gasteiger partial charge in [0.25, 0.3) is 0 Å². The zero-order valence-corrected chi connectivity index (χ0v) is 27.9. The Hall–Kier alpha value is -1.89. The molecule has 2 aromatic carbocycles. The number of carbonyl (C=O) groups excluding carboxylic acids is 1. The number of benzene rings is 2. The standard InChI is InChI=1S/C41H66O/c1-3-5-7-9-11-13-15-17-19-21-23-25-27-37-29-33-39(34-30-37)41(42)40-35-31-38(32-36-40)28-26-24-22-20-18-16-14-12-10-8-6-4-2/h29-36H,3-28H2,1-2H3. The van der Waals surface area contributed by atoms with E-state index in [1.807, 2.05) is 24.3 Å². The van der Waals surface area contributed by atoms with Gasteiger partial charge in [-0.05, 0) is 36.8 Å². The molecule has 0 aromatic heterocycles. The van der Waals surface area contributed by atoms with Crippen LogP contribution in [0.1, 0.15) is 195 Å². The molecule has 0 atom stereocenters. The molecule has 0 aliphatic rings. The van der Waals surface area contributed by atoms with Gasteiger partial charge in [-0.3, -0.25) is 4.79 Å². The lowest BCUT2D eigenvalue weighted by atomic mass is 9.98. The maximum absolute atomic E-state index is 13.0. The molecule has 0 unspecified atom stereocenters. The van der Waals surface area contributed by atoms with Crippen molar-refractivity contribution in [2.45, 2.75) is 181 Å². The second-order valence-electron chi connectivity index (χ2n) is 13.0. The third kappa shape index (κ3) is 17.9. The molecule has 42 heavy (non-hydrogen) atoms. The molecule has 1 nitrogen and oxygen atoms in total. The third-order valence-corrected chi connectivity index (χ3v) is 9.07. The minimum absolute atomic E-state index is 0.142. The van der Waals surface area contributed by atoms with Gasteiger partial charge in [0.05, 0.1) is 0 Å². The molecule has 2 rings (SSSR count). The lowest BCUT2D eigenvalue weighted by Crippen LogP contribution is -2.02. The van der Waals surface area contributed by atoms with Gasteiger partial charge in [0.15, 0.2) is 5.78 Å². The highest BCUT2D eigenvalue weighted by Crippen LogP contribution is 2.17. The van der Waals surface area contributed by atoms with Gasteiger partial charge in [0.1, 0.15) is 0 Å². The van der Waals surface area contributed by atoms with E-state index in [0.29, 0.717) is 0 Å². The van der Waals surface area contributed by atoms with Gasteiger partial charge in [-0.1, -0.05) is 204 Å². The summed E-state index contributed by atoms with van der Waals surface area (Å²) in [6.45, 7) is 4.58. The van der Waals surface area contributed by atoms with Gasteiger partial charge in [0, 0.05) is 11.1 Å². The van der Waals surface area contributed by atoms with Crippen LogP contribution in [0, 0.1) is 0 Å². The molecule has 0 bridgehead atoms. The number of rotatable bonds is 28. The fourth-order valence-corrected chi connectivity index (χ4v) is 6.15. The van der Waals surface area contributed by atoms with E-state index in [4.69, 9.17) is 0 Å². The molecule has 0 heterocycles. The van der Waals surface area contributed by atoms with Crippen molar-refractivity contribution in [3.8, 4) is 0 Å². The number of aryl methyl sites for hydroxylation is 2. The molecule has 0 aliphatic carbocycles. The van der Waals surface area contributed by atoms with Crippen LogP contribution in [0.4, 0.5) is 0 Å². The van der Waals surface area contributed by atoms with E-state index in [-0.39, 0.29) is 5.78 Å². The smallest absolute Gasteiger partial charge is 0.193 e. The summed E-state index contributed by atoms with van der Waals surface area (Å²) in [4.78, 5) is 13.0. The highest BCUT2D eigenvalue weighted by atomic mass is 16.1. The molecule has 0 spiro atoms. The first-order valence-electron chi connectivity index (χ1n) is 18.5. The Balaban J connectivity index is 1.51. The monoisotopic (exact) mass is 575 g/mol. The van der Waals surface area contributed by atoms with Crippen LogP contribution in [-0.4, -0.2) is 5.78 Å². The van der Waals surface area contributed by atoms with Gasteiger partial charge < -0.3 is 0 Å². The summed E-state index contributed by atoms with van der Waals surface area (Å²) in [6, 6.07) is 16.7. The SMILES string of the molecule is CCCCCCCCCCCCCCc1ccc(C(=O)c2ccc(CCCCCCCCCCCCCC)cc2)cc1. The average Bonchev–Trinajstić information content (AvgIpc) is 3.02. The predicted octanol–water partition coefficient (Wildman–Crippen LogP) is 13.4. The predicted molar refractivity (Wildman–Crippen MR) is 186 cm³/mol. The Kier molecular flexibility index (Phi) is 22.1. The highest BCUT2D eigenvalue weighted by Gasteiger charge is 2.09. The van der Waals surface area contributed by atoms with Gasteiger partial charge in [-0.15, -0.1) is 0 Å². The van der Waals surface area contributed by atoms with Crippen LogP contribution in [0.3, 0.4) is 0 Å². The van der Waals surface area contributed by atoms with Crippen molar-refractivity contribution in [3.63, 3.8) is 0 Å². The molecule has 0 amide bonds. The molecular weight excluding hydrogens is 508 g/mol. The summed E-state index contributed by atoms with van der Waals surface area (Å²) in [5.74, 6) is 0.142. The number of hydrogen-bond acceptors (Lipinski definition) is 1. The van der Waals surface area contributed by atoms with Gasteiger partial charge in [-0.25, -0.2) is 0 Å². The fourth-order valence-electron chi connectivity index (χ4n) is 6.15. The van der Waals surface area contributed by atoms with Crippen LogP contribution in [0.2, 0.25) is 0 Å². The second kappa shape index (κ2) is 25.6. The maximum Gasteiger partial charge on any atom is 0.193 e. The van der Waals surface area contributed by atoms with E-state index in [2.05, 4.69) is 38.1 Å². The summed E-state index contributed by atoms with van der Waals surface area (Å²) in [6.07, 6.45) is 35.5. The van der Waals surface area contributed by atoms with E-state index in [0.717, 1.165) is 24.0 Å². The molecule has 2 aromatic rings. The minimum atomic E-state index is 0.142. The van der Waals surface area contributed by atoms with Crippen LogP contribution < -0.4 is 0 Å². The van der Waals surface area contributed by atoms with Crippen LogP contribution >= 0.6 is 0 Å². The van der Waals surface area contributed by atoms with Crippen molar-refractivity contribution in [1.29, 1.82) is 0 Å². The largest absolute Gasteiger partial charge is 0.289 e. The fraction of sp³-hybridized carbons (Fsp3) is 0.683. The molecule has 0 radical (unpaired) electrons. The van der Waals surface area contributed by atoms with Gasteiger partial charge in [0.2, 0.25) is 0 Å². The van der Waals surface area contributed by atoms with Crippen LogP contribution in [0.5, 0.6) is 0 Å². The first-order valence-corrected chi connectivity index (χ1v) is 18.5. The van der Waals surface area contributed by atoms with Crippen LogP contribution in [-0.2, 0) is 12.8 Å². The summed E-state index contributed by atoms with van der Waals surface area (Å²) in [7, 11) is 0. The molecule has 1 heteroatoms. The second-order valence-corrected chi connectivity index (χ2v) is 13.0. The third-order valence-electron chi connectivity index (χ3n) is 9.07. The Morgan fingerprint density at radius 2 is 0.595 bits per heavy atom. The lowest BCUT2D eigenvalue weighted by molar-refractivity contribution is 0.103. The normalized spacial score (nSPS) is 11.3. The van der Waals surface area contributed by atoms with E-state index in [1.165, 1.54) is 165 Å². The Bertz CT molecular complexity index is 805. The molecular formula is C41H66O. The molecule has 236 valence electrons. The van der Waals surface area contributed by atoms with Crippen LogP contribution in [0.15, 0.2) is 48.5 Å². The highest BCUT2D eigenvalue weighted by molar-refractivity contribution is 6.09. The van der Waals surface area contributed by atoms with E-state index >= 15 is 0 Å². The molecule has 0 saturated heterocycles. The van der Waals surface area contributed by atoms with Crippen molar-refractivity contribution >= 4 is 5.78 Å². The van der Waals surface area contributed by atoms with E-state index in [1.54, 1.807) is 0 Å². The molecule has 0 N–H and O–H groups in total. The average molecular weight is 575 g/mol. The minimum Gasteiger partial charge on any atom is -0.289 e. The van der Waals surface area contributed by atoms with E-state index in [9.17, 15) is 4.79 Å². The zero-order chi connectivity index (χ0) is 29.9. The number of unbranched alkanes of at least 4 members (excludes halogenated alkanes) is 22. The summed E-state index contributed by atoms with van der Waals surface area (Å²) in [5, 5.41) is 0. The van der Waals surface area contributed by atoms with Gasteiger partial charge >= 0.3 is 0 Å². The lowest BCUT2D eigenvalue weighted by Gasteiger charge is -2.07. The molecule has 0 aliphatic heterocycles. The number of hydrogen-bond donors (Lipinski definition) is 0. The first-order chi connectivity index (χ1) is 20.7. The van der Waals surface area contributed by atoms with Crippen molar-refractivity contribution < 1.29 is 4.79 Å².